The molecular weight excluding hydrogens is 629 g/mol. The predicted octanol–water partition coefficient (Wildman–Crippen LogP) is 10.8. The van der Waals surface area contributed by atoms with Crippen LogP contribution in [-0.4, -0.2) is 19.1 Å². The summed E-state index contributed by atoms with van der Waals surface area (Å²) in [5.74, 6) is 0. The molecule has 0 aromatic heterocycles. The molecule has 1 atom stereocenters. The zero-order valence-electron chi connectivity index (χ0n) is 30.2. The fraction of sp³-hybridized carbons (Fsp3) is 0.200. The molecule has 2 heterocycles. The average molecular weight is 673 g/mol. The smallest absolute Gasteiger partial charge is 0.0517 e. The van der Waals surface area contributed by atoms with E-state index in [0.717, 1.165) is 38.8 Å². The number of para-hydroxylation sites is 2. The molecule has 3 aliphatic rings. The highest BCUT2D eigenvalue weighted by Gasteiger charge is 2.26. The molecule has 2 nitrogen and oxygen atoms in total. The van der Waals surface area contributed by atoms with Gasteiger partial charge in [-0.05, 0) is 153 Å². The van der Waals surface area contributed by atoms with E-state index in [1.54, 1.807) is 0 Å². The molecule has 0 spiro atoms. The maximum Gasteiger partial charge on any atom is 0.0517 e. The highest BCUT2D eigenvalue weighted by Crippen LogP contribution is 2.40. The van der Waals surface area contributed by atoms with Crippen molar-refractivity contribution in [1.82, 2.24) is 0 Å². The fourth-order valence-electron chi connectivity index (χ4n) is 9.36. The fourth-order valence-corrected chi connectivity index (χ4v) is 9.36. The lowest BCUT2D eigenvalue weighted by Gasteiger charge is -2.37. The molecule has 0 bridgehead atoms. The number of hydrogen-bond acceptors (Lipinski definition) is 2. The Bertz CT molecular complexity index is 2670. The van der Waals surface area contributed by atoms with Crippen molar-refractivity contribution in [3.05, 3.63) is 160 Å². The number of benzene rings is 7. The summed E-state index contributed by atoms with van der Waals surface area (Å²) in [5.41, 5.74) is 14.9. The van der Waals surface area contributed by atoms with Crippen LogP contribution in [0.4, 0.5) is 17.1 Å². The summed E-state index contributed by atoms with van der Waals surface area (Å²) in [4.78, 5) is 5.23. The molecule has 7 aromatic carbocycles. The van der Waals surface area contributed by atoms with Crippen molar-refractivity contribution < 1.29 is 0 Å². The van der Waals surface area contributed by atoms with Gasteiger partial charge < -0.3 is 9.80 Å². The van der Waals surface area contributed by atoms with E-state index in [2.05, 4.69) is 163 Å². The minimum absolute atomic E-state index is 0.297. The van der Waals surface area contributed by atoms with Crippen LogP contribution < -0.4 is 20.2 Å². The van der Waals surface area contributed by atoms with Crippen LogP contribution in [0, 0.1) is 13.8 Å². The van der Waals surface area contributed by atoms with Gasteiger partial charge in [-0.15, -0.1) is 0 Å². The maximum atomic E-state index is 2.68. The molecule has 1 unspecified atom stereocenters. The highest BCUT2D eigenvalue weighted by molar-refractivity contribution is 6.08. The Morgan fingerprint density at radius 1 is 0.538 bits per heavy atom. The van der Waals surface area contributed by atoms with Crippen molar-refractivity contribution in [3.63, 3.8) is 0 Å². The van der Waals surface area contributed by atoms with Crippen molar-refractivity contribution >= 4 is 50.8 Å². The van der Waals surface area contributed by atoms with Crippen LogP contribution in [0.1, 0.15) is 41.5 Å². The van der Waals surface area contributed by atoms with Crippen molar-refractivity contribution in [3.8, 4) is 22.3 Å². The van der Waals surface area contributed by atoms with Gasteiger partial charge in [0.2, 0.25) is 0 Å². The first-order valence-electron chi connectivity index (χ1n) is 19.2. The van der Waals surface area contributed by atoms with E-state index >= 15 is 0 Å². The zero-order chi connectivity index (χ0) is 34.8. The number of hydrogen-bond donors (Lipinski definition) is 0. The standard InChI is InChI=1S/C50H44N2/c1-33-19-20-39(29-34(33)2)49-43-25-23-42(52-28-10-16-37-13-6-8-18-48(37)52)32-46(43)50(40-22-21-35-11-3-4-14-38(35)30-40)44-26-24-41(31-45(44)49)51-27-9-15-36-12-5-7-17-47(36)51/h3-8,11-14,17-23,25-26,29-32,41H,9-10,15-16,24,27-28H2,1-2H3. The molecule has 0 N–H and O–H groups in total. The van der Waals surface area contributed by atoms with Crippen LogP contribution in [0.2, 0.25) is 0 Å². The van der Waals surface area contributed by atoms with Crippen LogP contribution >= 0.6 is 0 Å². The first-order valence-corrected chi connectivity index (χ1v) is 19.2. The maximum absolute atomic E-state index is 2.68. The van der Waals surface area contributed by atoms with Crippen LogP contribution in [0.25, 0.3) is 56.0 Å². The largest absolute Gasteiger partial charge is 0.365 e. The second-order valence-electron chi connectivity index (χ2n) is 15.2. The number of fused-ring (bicyclic) bond motifs is 5. The lowest BCUT2D eigenvalue weighted by molar-refractivity contribution is 0.651. The molecule has 0 saturated heterocycles. The first-order chi connectivity index (χ1) is 25.6. The van der Waals surface area contributed by atoms with E-state index in [9.17, 15) is 0 Å². The second-order valence-corrected chi connectivity index (χ2v) is 15.2. The van der Waals surface area contributed by atoms with Gasteiger partial charge in [0.25, 0.3) is 0 Å². The van der Waals surface area contributed by atoms with Gasteiger partial charge in [-0.2, -0.15) is 0 Å². The number of aryl methyl sites for hydroxylation is 4. The lowest BCUT2D eigenvalue weighted by atomic mass is 9.84. The summed E-state index contributed by atoms with van der Waals surface area (Å²) in [6.45, 7) is 6.60. The number of nitrogens with zero attached hydrogens (tertiary/aromatic N) is 2. The molecular formula is C50H44N2. The first kappa shape index (κ1) is 31.2. The van der Waals surface area contributed by atoms with E-state index in [-0.39, 0.29) is 0 Å². The Morgan fingerprint density at radius 3 is 2.08 bits per heavy atom. The Morgan fingerprint density at radius 2 is 1.23 bits per heavy atom. The van der Waals surface area contributed by atoms with Crippen molar-refractivity contribution in [1.29, 1.82) is 0 Å². The molecule has 1 aliphatic carbocycles. The van der Waals surface area contributed by atoms with Gasteiger partial charge in [0.05, 0.1) is 6.04 Å². The molecule has 2 aliphatic heterocycles. The zero-order valence-corrected chi connectivity index (χ0v) is 30.2. The SMILES string of the molecule is Cc1ccc(-c2c3c(c(-c4ccc5ccccc5c4)c4cc(N5CCCc6ccccc65)ccc24)=CCC(N2CCCc4ccccc42)C=3)cc1C. The Labute approximate surface area is 307 Å². The summed E-state index contributed by atoms with van der Waals surface area (Å²) >= 11 is 0. The molecule has 0 radical (unpaired) electrons. The Balaban J connectivity index is 1.29. The van der Waals surface area contributed by atoms with E-state index in [0.29, 0.717) is 6.04 Å². The normalized spacial score (nSPS) is 16.5. The molecule has 254 valence electrons. The molecule has 10 rings (SSSR count). The van der Waals surface area contributed by atoms with Crippen LogP contribution in [0.5, 0.6) is 0 Å². The van der Waals surface area contributed by atoms with Gasteiger partial charge in [0.15, 0.2) is 0 Å². The quantitative estimate of drug-likeness (QED) is 0.184. The topological polar surface area (TPSA) is 6.48 Å². The van der Waals surface area contributed by atoms with E-state index < -0.39 is 0 Å². The third-order valence-corrected chi connectivity index (χ3v) is 12.1. The highest BCUT2D eigenvalue weighted by atomic mass is 15.2. The third-order valence-electron chi connectivity index (χ3n) is 12.1. The van der Waals surface area contributed by atoms with Crippen LogP contribution in [0.15, 0.2) is 127 Å². The van der Waals surface area contributed by atoms with E-state index in [4.69, 9.17) is 0 Å². The summed E-state index contributed by atoms with van der Waals surface area (Å²) in [6, 6.07) is 48.6. The Kier molecular flexibility index (Phi) is 7.53. The number of anilines is 3. The van der Waals surface area contributed by atoms with Gasteiger partial charge in [-0.1, -0.05) is 109 Å². The van der Waals surface area contributed by atoms with Gasteiger partial charge in [0, 0.05) is 30.2 Å². The van der Waals surface area contributed by atoms with Crippen molar-refractivity contribution in [2.75, 3.05) is 22.9 Å². The molecule has 7 aromatic rings. The summed E-state index contributed by atoms with van der Waals surface area (Å²) in [5, 5.41) is 7.95. The summed E-state index contributed by atoms with van der Waals surface area (Å²) in [6.07, 6.45) is 10.8. The summed E-state index contributed by atoms with van der Waals surface area (Å²) < 4.78 is 0. The van der Waals surface area contributed by atoms with Crippen LogP contribution in [0.3, 0.4) is 0 Å². The van der Waals surface area contributed by atoms with Gasteiger partial charge in [-0.25, -0.2) is 0 Å². The van der Waals surface area contributed by atoms with Gasteiger partial charge in [-0.3, -0.25) is 0 Å². The monoisotopic (exact) mass is 672 g/mol. The van der Waals surface area contributed by atoms with Crippen LogP contribution in [-0.2, 0) is 12.8 Å². The minimum atomic E-state index is 0.297. The lowest BCUT2D eigenvalue weighted by Crippen LogP contribution is -2.43. The molecule has 52 heavy (non-hydrogen) atoms. The van der Waals surface area contributed by atoms with Crippen molar-refractivity contribution in [2.45, 2.75) is 52.0 Å². The third kappa shape index (κ3) is 5.15. The predicted molar refractivity (Wildman–Crippen MR) is 222 cm³/mol. The average Bonchev–Trinajstić information content (AvgIpc) is 3.20. The van der Waals surface area contributed by atoms with E-state index in [1.165, 1.54) is 100.0 Å². The molecule has 0 amide bonds. The van der Waals surface area contributed by atoms with Gasteiger partial charge >= 0.3 is 0 Å². The van der Waals surface area contributed by atoms with Gasteiger partial charge in [0.1, 0.15) is 0 Å². The Hall–Kier alpha value is -5.60. The van der Waals surface area contributed by atoms with Crippen molar-refractivity contribution in [2.24, 2.45) is 0 Å². The molecule has 0 saturated carbocycles. The second kappa shape index (κ2) is 12.6. The summed E-state index contributed by atoms with van der Waals surface area (Å²) in [7, 11) is 0. The van der Waals surface area contributed by atoms with E-state index in [1.807, 2.05) is 0 Å². The molecule has 2 heteroatoms. The number of rotatable bonds is 4. The minimum Gasteiger partial charge on any atom is -0.365 e. The molecule has 0 fully saturated rings.